The fourth-order valence-electron chi connectivity index (χ4n) is 8.41. The lowest BCUT2D eigenvalue weighted by molar-refractivity contribution is -0.144. The van der Waals surface area contributed by atoms with Crippen molar-refractivity contribution >= 4 is 0 Å². The van der Waals surface area contributed by atoms with Crippen LogP contribution in [0.4, 0.5) is 17.6 Å². The van der Waals surface area contributed by atoms with E-state index in [4.69, 9.17) is 0 Å². The maximum Gasteiger partial charge on any atom is 0.389 e. The summed E-state index contributed by atoms with van der Waals surface area (Å²) in [6, 6.07) is 0. The second-order valence-electron chi connectivity index (χ2n) is 10.9. The van der Waals surface area contributed by atoms with Crippen molar-refractivity contribution in [1.29, 1.82) is 0 Å². The highest BCUT2D eigenvalue weighted by molar-refractivity contribution is 5.09. The Morgan fingerprint density at radius 2 is 1.56 bits per heavy atom. The normalized spacial score (nSPS) is 50.0. The second-order valence-corrected chi connectivity index (χ2v) is 10.9. The lowest BCUT2D eigenvalue weighted by Gasteiger charge is -2.61. The van der Waals surface area contributed by atoms with E-state index in [0.717, 1.165) is 44.4 Å². The van der Waals surface area contributed by atoms with Crippen molar-refractivity contribution in [2.24, 2.45) is 46.3 Å². The monoisotopic (exact) mass is 388 g/mol. The molecule has 0 aromatic rings. The van der Waals surface area contributed by atoms with Gasteiger partial charge in [0.15, 0.2) is 0 Å². The van der Waals surface area contributed by atoms with E-state index in [1.54, 1.807) is 0 Å². The lowest BCUT2D eigenvalue weighted by Crippen LogP contribution is -2.53. The third kappa shape index (κ3) is 3.35. The highest BCUT2D eigenvalue weighted by Crippen LogP contribution is 2.68. The molecule has 4 rings (SSSR count). The van der Waals surface area contributed by atoms with Crippen LogP contribution in [0.3, 0.4) is 0 Å². The van der Waals surface area contributed by atoms with Gasteiger partial charge in [0.25, 0.3) is 0 Å². The van der Waals surface area contributed by atoms with E-state index in [0.29, 0.717) is 29.6 Å². The van der Waals surface area contributed by atoms with Crippen LogP contribution in [0.1, 0.15) is 84.5 Å². The quantitative estimate of drug-likeness (QED) is 0.437. The average molecular weight is 389 g/mol. The Hall–Kier alpha value is -0.280. The molecule has 27 heavy (non-hydrogen) atoms. The van der Waals surface area contributed by atoms with Crippen LogP contribution in [0.2, 0.25) is 0 Å². The minimum Gasteiger partial charge on any atom is -0.251 e. The smallest absolute Gasteiger partial charge is 0.251 e. The van der Waals surface area contributed by atoms with Crippen molar-refractivity contribution in [1.82, 2.24) is 0 Å². The van der Waals surface area contributed by atoms with Crippen LogP contribution in [-0.2, 0) is 0 Å². The van der Waals surface area contributed by atoms with E-state index in [-0.39, 0.29) is 23.9 Å². The summed E-state index contributed by atoms with van der Waals surface area (Å²) in [4.78, 5) is 0. The maximum atomic E-state index is 13.2. The molecule has 0 N–H and O–H groups in total. The average Bonchev–Trinajstić information content (AvgIpc) is 2.95. The van der Waals surface area contributed by atoms with E-state index in [9.17, 15) is 17.6 Å². The van der Waals surface area contributed by atoms with Crippen molar-refractivity contribution in [3.63, 3.8) is 0 Å². The summed E-state index contributed by atoms with van der Waals surface area (Å²) in [6.45, 7) is 4.63. The number of hydrogen-bond acceptors (Lipinski definition) is 0. The third-order valence-corrected chi connectivity index (χ3v) is 9.97. The molecular formula is C23H36F4. The molecule has 0 aromatic heterocycles. The van der Waals surface area contributed by atoms with E-state index >= 15 is 0 Å². The van der Waals surface area contributed by atoms with Crippen molar-refractivity contribution in [3.05, 3.63) is 0 Å². The van der Waals surface area contributed by atoms with Crippen LogP contribution in [0.25, 0.3) is 0 Å². The molecule has 0 aromatic carbocycles. The molecule has 0 aliphatic heterocycles. The molecule has 156 valence electrons. The predicted octanol–water partition coefficient (Wildman–Crippen LogP) is 7.57. The lowest BCUT2D eigenvalue weighted by atomic mass is 9.44. The van der Waals surface area contributed by atoms with Crippen molar-refractivity contribution in [2.45, 2.75) is 90.7 Å². The zero-order valence-corrected chi connectivity index (χ0v) is 17.0. The molecule has 0 spiro atoms. The maximum absolute atomic E-state index is 13.2. The number of rotatable bonds is 3. The molecule has 4 fully saturated rings. The summed E-state index contributed by atoms with van der Waals surface area (Å²) in [5.74, 6) is 3.22. The van der Waals surface area contributed by atoms with Gasteiger partial charge in [0, 0.05) is 6.42 Å². The second kappa shape index (κ2) is 6.90. The Balaban J connectivity index is 1.49. The standard InChI is InChI=1S/C23H36F4/c1-21-11-9-20-18(19(21)6-4-16(21)8-12-23(25,26)27)5-3-17-13-15(14-24)7-10-22(17,20)2/h15-20H,3-14H2,1-2H3/t15?,16?,17-,18?,19?,20?,21?,22?/m1/s1. The van der Waals surface area contributed by atoms with Gasteiger partial charge < -0.3 is 0 Å². The highest BCUT2D eigenvalue weighted by atomic mass is 19.4. The van der Waals surface area contributed by atoms with E-state index in [1.165, 1.54) is 19.3 Å². The van der Waals surface area contributed by atoms with Gasteiger partial charge >= 0.3 is 6.18 Å². The van der Waals surface area contributed by atoms with Crippen molar-refractivity contribution < 1.29 is 17.6 Å². The van der Waals surface area contributed by atoms with Gasteiger partial charge in [0.05, 0.1) is 6.67 Å². The molecule has 4 aliphatic carbocycles. The van der Waals surface area contributed by atoms with Gasteiger partial charge in [-0.3, -0.25) is 4.39 Å². The first kappa shape index (κ1) is 20.0. The van der Waals surface area contributed by atoms with Crippen LogP contribution < -0.4 is 0 Å². The Morgan fingerprint density at radius 1 is 0.852 bits per heavy atom. The molecule has 0 bridgehead atoms. The van der Waals surface area contributed by atoms with Gasteiger partial charge in [-0.1, -0.05) is 13.8 Å². The zero-order valence-electron chi connectivity index (χ0n) is 17.0. The zero-order chi connectivity index (χ0) is 19.4. The van der Waals surface area contributed by atoms with Gasteiger partial charge in [-0.25, -0.2) is 0 Å². The minimum absolute atomic E-state index is 0.117. The largest absolute Gasteiger partial charge is 0.389 e. The molecule has 0 nitrogen and oxygen atoms in total. The first-order chi connectivity index (χ1) is 12.7. The number of hydrogen-bond donors (Lipinski definition) is 0. The molecule has 8 atom stereocenters. The van der Waals surface area contributed by atoms with E-state index in [2.05, 4.69) is 13.8 Å². The molecule has 0 heterocycles. The van der Waals surface area contributed by atoms with Crippen molar-refractivity contribution in [2.75, 3.05) is 6.67 Å². The Kier molecular flexibility index (Phi) is 5.12. The van der Waals surface area contributed by atoms with Crippen LogP contribution in [0.5, 0.6) is 0 Å². The van der Waals surface area contributed by atoms with Gasteiger partial charge in [0.1, 0.15) is 0 Å². The highest BCUT2D eigenvalue weighted by Gasteiger charge is 2.60. The molecular weight excluding hydrogens is 352 g/mol. The number of alkyl halides is 4. The van der Waals surface area contributed by atoms with Crippen LogP contribution in [0, 0.1) is 46.3 Å². The molecule has 7 unspecified atom stereocenters. The fourth-order valence-corrected chi connectivity index (χ4v) is 8.41. The summed E-state index contributed by atoms with van der Waals surface area (Å²) >= 11 is 0. The molecule has 4 saturated carbocycles. The summed E-state index contributed by atoms with van der Waals surface area (Å²) in [5, 5.41) is 0. The molecule has 4 aliphatic rings. The fraction of sp³-hybridized carbons (Fsp3) is 1.00. The van der Waals surface area contributed by atoms with Crippen LogP contribution in [0.15, 0.2) is 0 Å². The SMILES string of the molecule is CC12CCC3C(CC[C@@H]4CC(CF)CCC34C)C1CCC2CCC(F)(F)F. The molecule has 0 radical (unpaired) electrons. The van der Waals surface area contributed by atoms with Gasteiger partial charge in [-0.2, -0.15) is 13.2 Å². The summed E-state index contributed by atoms with van der Waals surface area (Å²) < 4.78 is 51.6. The minimum atomic E-state index is -4.02. The van der Waals surface area contributed by atoms with Crippen LogP contribution in [-0.4, -0.2) is 12.9 Å². The molecule has 4 heteroatoms. The number of halogens is 4. The predicted molar refractivity (Wildman–Crippen MR) is 100.0 cm³/mol. The van der Waals surface area contributed by atoms with Crippen LogP contribution >= 0.6 is 0 Å². The molecule has 0 amide bonds. The Morgan fingerprint density at radius 3 is 2.26 bits per heavy atom. The first-order valence-corrected chi connectivity index (χ1v) is 11.3. The van der Waals surface area contributed by atoms with E-state index < -0.39 is 12.6 Å². The summed E-state index contributed by atoms with van der Waals surface area (Å²) in [5.41, 5.74) is 0.464. The van der Waals surface area contributed by atoms with Gasteiger partial charge in [-0.05, 0) is 111 Å². The van der Waals surface area contributed by atoms with Gasteiger partial charge in [-0.15, -0.1) is 0 Å². The Bertz CT molecular complexity index is 543. The summed E-state index contributed by atoms with van der Waals surface area (Å²) in [7, 11) is 0. The van der Waals surface area contributed by atoms with Crippen molar-refractivity contribution in [3.8, 4) is 0 Å². The molecule has 0 saturated heterocycles. The topological polar surface area (TPSA) is 0 Å². The van der Waals surface area contributed by atoms with E-state index in [1.807, 2.05) is 0 Å². The number of fused-ring (bicyclic) bond motifs is 5. The third-order valence-electron chi connectivity index (χ3n) is 9.97. The Labute approximate surface area is 161 Å². The summed E-state index contributed by atoms with van der Waals surface area (Å²) in [6.07, 6.45) is 5.81. The first-order valence-electron chi connectivity index (χ1n) is 11.3. The van der Waals surface area contributed by atoms with Gasteiger partial charge in [0.2, 0.25) is 0 Å².